The van der Waals surface area contributed by atoms with Crippen molar-refractivity contribution in [2.24, 2.45) is 10.9 Å². The molecule has 0 fully saturated rings. The monoisotopic (exact) mass is 319 g/mol. The number of aliphatic imine (C=N–C) groups is 1. The van der Waals surface area contributed by atoms with Crippen molar-refractivity contribution in [2.75, 3.05) is 13.7 Å². The maximum atomic E-state index is 5.60. The van der Waals surface area contributed by atoms with Crippen LogP contribution < -0.4 is 5.32 Å². The second-order valence-electron chi connectivity index (χ2n) is 6.22. The smallest absolute Gasteiger partial charge is 0.105 e. The molecule has 0 aromatic carbocycles. The van der Waals surface area contributed by atoms with Crippen LogP contribution in [-0.4, -0.2) is 30.4 Å². The van der Waals surface area contributed by atoms with Gasteiger partial charge in [0.25, 0.3) is 0 Å². The number of fused-ring (bicyclic) bond motifs is 1. The number of rotatable bonds is 3. The van der Waals surface area contributed by atoms with E-state index in [4.69, 9.17) is 9.73 Å². The second kappa shape index (κ2) is 6.48. The Balaban J connectivity index is 1.67. The SMILES string of the molecule is COC1=CC=CC2NC=C(/C=C3\CCCN=C3c3cccnc3)C12. The van der Waals surface area contributed by atoms with E-state index >= 15 is 0 Å². The molecule has 24 heavy (non-hydrogen) atoms. The van der Waals surface area contributed by atoms with E-state index in [1.54, 1.807) is 13.3 Å². The van der Waals surface area contributed by atoms with Crippen molar-refractivity contribution in [1.82, 2.24) is 10.3 Å². The summed E-state index contributed by atoms with van der Waals surface area (Å²) in [4.78, 5) is 9.01. The van der Waals surface area contributed by atoms with Crippen LogP contribution in [0, 0.1) is 5.92 Å². The summed E-state index contributed by atoms with van der Waals surface area (Å²) in [5.74, 6) is 1.25. The molecule has 4 nitrogen and oxygen atoms in total. The van der Waals surface area contributed by atoms with Gasteiger partial charge in [0.15, 0.2) is 0 Å². The molecule has 0 saturated heterocycles. The van der Waals surface area contributed by atoms with Gasteiger partial charge in [-0.25, -0.2) is 0 Å². The molecule has 1 aromatic heterocycles. The Labute approximate surface area is 142 Å². The molecule has 3 aliphatic rings. The van der Waals surface area contributed by atoms with Crippen LogP contribution in [0.4, 0.5) is 0 Å². The standard InChI is InChI=1S/C20H21N3O/c1-24-18-8-2-7-17-19(18)16(13-23-17)11-14-5-4-10-22-20(14)15-6-3-9-21-12-15/h2-3,6-9,11-13,17,19,23H,4-5,10H2,1H3/b14-11+. The lowest BCUT2D eigenvalue weighted by Gasteiger charge is -2.24. The van der Waals surface area contributed by atoms with Crippen molar-refractivity contribution in [2.45, 2.75) is 18.9 Å². The molecule has 0 amide bonds. The van der Waals surface area contributed by atoms with E-state index < -0.39 is 0 Å². The summed E-state index contributed by atoms with van der Waals surface area (Å²) in [7, 11) is 1.74. The molecule has 0 spiro atoms. The number of ether oxygens (including phenoxy) is 1. The van der Waals surface area contributed by atoms with Gasteiger partial charge in [-0.2, -0.15) is 0 Å². The third-order valence-corrected chi connectivity index (χ3v) is 4.74. The zero-order chi connectivity index (χ0) is 16.4. The number of nitrogens with zero attached hydrogens (tertiary/aromatic N) is 2. The Hall–Kier alpha value is -2.62. The van der Waals surface area contributed by atoms with Gasteiger partial charge in [-0.1, -0.05) is 18.2 Å². The lowest BCUT2D eigenvalue weighted by Crippen LogP contribution is -2.28. The predicted molar refractivity (Wildman–Crippen MR) is 95.7 cm³/mol. The highest BCUT2D eigenvalue weighted by Gasteiger charge is 2.33. The first-order valence-corrected chi connectivity index (χ1v) is 8.41. The number of aromatic nitrogens is 1. The van der Waals surface area contributed by atoms with E-state index in [2.05, 4.69) is 46.9 Å². The van der Waals surface area contributed by atoms with Gasteiger partial charge >= 0.3 is 0 Å². The highest BCUT2D eigenvalue weighted by molar-refractivity contribution is 6.13. The minimum absolute atomic E-state index is 0.240. The van der Waals surface area contributed by atoms with Crippen LogP contribution in [0.5, 0.6) is 0 Å². The van der Waals surface area contributed by atoms with Crippen LogP contribution in [0.15, 0.2) is 76.9 Å². The largest absolute Gasteiger partial charge is 0.500 e. The third kappa shape index (κ3) is 2.68. The summed E-state index contributed by atoms with van der Waals surface area (Å²) in [5.41, 5.74) is 4.71. The molecule has 2 aliphatic heterocycles. The van der Waals surface area contributed by atoms with E-state index in [0.717, 1.165) is 36.4 Å². The second-order valence-corrected chi connectivity index (χ2v) is 6.22. The molecule has 2 unspecified atom stereocenters. The Kier molecular flexibility index (Phi) is 4.03. The number of hydrogen-bond acceptors (Lipinski definition) is 4. The van der Waals surface area contributed by atoms with Crippen LogP contribution in [0.25, 0.3) is 0 Å². The van der Waals surface area contributed by atoms with Crippen LogP contribution >= 0.6 is 0 Å². The third-order valence-electron chi connectivity index (χ3n) is 4.74. The molecular weight excluding hydrogens is 298 g/mol. The van der Waals surface area contributed by atoms with Crippen molar-refractivity contribution < 1.29 is 4.74 Å². The van der Waals surface area contributed by atoms with Crippen LogP contribution in [0.3, 0.4) is 0 Å². The minimum Gasteiger partial charge on any atom is -0.500 e. The first kappa shape index (κ1) is 14.9. The molecule has 4 heteroatoms. The van der Waals surface area contributed by atoms with E-state index in [9.17, 15) is 0 Å². The molecule has 122 valence electrons. The highest BCUT2D eigenvalue weighted by Crippen LogP contribution is 2.34. The molecule has 0 saturated carbocycles. The van der Waals surface area contributed by atoms with Gasteiger partial charge in [0, 0.05) is 30.7 Å². The summed E-state index contributed by atoms with van der Waals surface area (Å²) in [6, 6.07) is 4.33. The molecule has 2 atom stereocenters. The van der Waals surface area contributed by atoms with Gasteiger partial charge in [0.2, 0.25) is 0 Å². The van der Waals surface area contributed by atoms with E-state index in [0.29, 0.717) is 0 Å². The summed E-state index contributed by atoms with van der Waals surface area (Å²) in [6.45, 7) is 0.886. The molecule has 1 N–H and O–H groups in total. The average Bonchev–Trinajstić information content (AvgIpc) is 3.06. The van der Waals surface area contributed by atoms with Crippen LogP contribution in [0.1, 0.15) is 18.4 Å². The Morgan fingerprint density at radius 1 is 1.38 bits per heavy atom. The zero-order valence-corrected chi connectivity index (χ0v) is 13.8. The quantitative estimate of drug-likeness (QED) is 0.931. The lowest BCUT2D eigenvalue weighted by molar-refractivity contribution is 0.247. The predicted octanol–water partition coefficient (Wildman–Crippen LogP) is 3.16. The fourth-order valence-electron chi connectivity index (χ4n) is 3.60. The molecule has 1 aromatic rings. The zero-order valence-electron chi connectivity index (χ0n) is 13.8. The molecular formula is C20H21N3O. The fourth-order valence-corrected chi connectivity index (χ4v) is 3.60. The first-order valence-electron chi connectivity index (χ1n) is 8.41. The van der Waals surface area contributed by atoms with Gasteiger partial charge in [0.1, 0.15) is 5.76 Å². The van der Waals surface area contributed by atoms with Gasteiger partial charge < -0.3 is 10.1 Å². The van der Waals surface area contributed by atoms with Crippen molar-refractivity contribution in [1.29, 1.82) is 0 Å². The molecule has 4 rings (SSSR count). The Bertz CT molecular complexity index is 771. The minimum atomic E-state index is 0.240. The number of pyridine rings is 1. The van der Waals surface area contributed by atoms with Crippen molar-refractivity contribution >= 4 is 5.71 Å². The maximum Gasteiger partial charge on any atom is 0.105 e. The first-order chi connectivity index (χ1) is 11.9. The maximum absolute atomic E-state index is 5.60. The number of methoxy groups -OCH3 is 1. The van der Waals surface area contributed by atoms with Gasteiger partial charge in [-0.05, 0) is 42.2 Å². The summed E-state index contributed by atoms with van der Waals surface area (Å²) < 4.78 is 5.60. The van der Waals surface area contributed by atoms with Crippen LogP contribution in [0.2, 0.25) is 0 Å². The number of nitrogens with one attached hydrogen (secondary N) is 1. The van der Waals surface area contributed by atoms with E-state index in [1.807, 2.05) is 12.3 Å². The van der Waals surface area contributed by atoms with Gasteiger partial charge in [-0.15, -0.1) is 0 Å². The van der Waals surface area contributed by atoms with Crippen molar-refractivity contribution in [3.8, 4) is 0 Å². The number of hydrogen-bond donors (Lipinski definition) is 1. The van der Waals surface area contributed by atoms with E-state index in [1.165, 1.54) is 11.1 Å². The number of allylic oxidation sites excluding steroid dienone is 4. The molecule has 0 bridgehead atoms. The lowest BCUT2D eigenvalue weighted by atomic mass is 9.86. The van der Waals surface area contributed by atoms with Gasteiger partial charge in [0.05, 0.1) is 24.8 Å². The highest BCUT2D eigenvalue weighted by atomic mass is 16.5. The Morgan fingerprint density at radius 2 is 2.33 bits per heavy atom. The van der Waals surface area contributed by atoms with Crippen molar-refractivity contribution in [3.63, 3.8) is 0 Å². The summed E-state index contributed by atoms with van der Waals surface area (Å²) in [5, 5.41) is 3.45. The van der Waals surface area contributed by atoms with Crippen molar-refractivity contribution in [3.05, 3.63) is 77.5 Å². The summed E-state index contributed by atoms with van der Waals surface area (Å²) in [6.07, 6.45) is 16.5. The normalized spacial score (nSPS) is 27.0. The molecule has 1 aliphatic carbocycles. The topological polar surface area (TPSA) is 46.5 Å². The Morgan fingerprint density at radius 3 is 3.17 bits per heavy atom. The molecule has 3 heterocycles. The fraction of sp³-hybridized carbons (Fsp3) is 0.300. The average molecular weight is 319 g/mol. The van der Waals surface area contributed by atoms with E-state index in [-0.39, 0.29) is 12.0 Å². The summed E-state index contributed by atoms with van der Waals surface area (Å²) >= 11 is 0. The van der Waals surface area contributed by atoms with Crippen LogP contribution in [-0.2, 0) is 4.74 Å². The van der Waals surface area contributed by atoms with Gasteiger partial charge in [-0.3, -0.25) is 9.98 Å². The molecule has 0 radical (unpaired) electrons.